The SMILES string of the molecule is CC(C)n1cc(CCC(=O)O)c2cccc(C(F)(F)F)c21. The molecule has 0 amide bonds. The smallest absolute Gasteiger partial charge is 0.418 e. The number of para-hydroxylation sites is 1. The first-order valence-corrected chi connectivity index (χ1v) is 6.63. The molecule has 0 saturated heterocycles. The van der Waals surface area contributed by atoms with E-state index in [9.17, 15) is 18.0 Å². The molecule has 0 aliphatic rings. The quantitative estimate of drug-likeness (QED) is 0.916. The van der Waals surface area contributed by atoms with Gasteiger partial charge in [0.15, 0.2) is 0 Å². The van der Waals surface area contributed by atoms with Gasteiger partial charge in [-0.05, 0) is 31.9 Å². The van der Waals surface area contributed by atoms with E-state index in [1.807, 2.05) is 0 Å². The van der Waals surface area contributed by atoms with Crippen LogP contribution in [-0.2, 0) is 17.4 Å². The number of hydrogen-bond acceptors (Lipinski definition) is 1. The maximum absolute atomic E-state index is 13.2. The third-order valence-corrected chi connectivity index (χ3v) is 3.41. The fourth-order valence-electron chi connectivity index (χ4n) is 2.46. The van der Waals surface area contributed by atoms with Crippen molar-refractivity contribution in [3.05, 3.63) is 35.5 Å². The Kier molecular flexibility index (Phi) is 3.98. The lowest BCUT2D eigenvalue weighted by Gasteiger charge is -2.14. The molecule has 2 rings (SSSR count). The summed E-state index contributed by atoms with van der Waals surface area (Å²) in [6, 6.07) is 3.89. The van der Waals surface area contributed by atoms with Crippen LogP contribution in [0, 0.1) is 0 Å². The van der Waals surface area contributed by atoms with E-state index < -0.39 is 17.7 Å². The molecule has 1 aromatic carbocycles. The Hall–Kier alpha value is -1.98. The van der Waals surface area contributed by atoms with Gasteiger partial charge in [-0.15, -0.1) is 0 Å². The zero-order valence-electron chi connectivity index (χ0n) is 11.7. The van der Waals surface area contributed by atoms with Gasteiger partial charge in [-0.1, -0.05) is 12.1 Å². The summed E-state index contributed by atoms with van der Waals surface area (Å²) in [6.07, 6.45) is -2.69. The zero-order chi connectivity index (χ0) is 15.8. The van der Waals surface area contributed by atoms with Gasteiger partial charge in [-0.25, -0.2) is 0 Å². The first-order chi connectivity index (χ1) is 9.71. The molecule has 1 aromatic heterocycles. The van der Waals surface area contributed by atoms with Gasteiger partial charge in [-0.3, -0.25) is 4.79 Å². The molecule has 21 heavy (non-hydrogen) atoms. The summed E-state index contributed by atoms with van der Waals surface area (Å²) in [5.74, 6) is -0.965. The van der Waals surface area contributed by atoms with Crippen LogP contribution in [0.25, 0.3) is 10.9 Å². The minimum atomic E-state index is -4.44. The normalized spacial score (nSPS) is 12.3. The number of aryl methyl sites for hydroxylation is 1. The maximum Gasteiger partial charge on any atom is 0.418 e. The highest BCUT2D eigenvalue weighted by molar-refractivity contribution is 5.88. The van der Waals surface area contributed by atoms with Crippen molar-refractivity contribution in [2.75, 3.05) is 0 Å². The average Bonchev–Trinajstić information content (AvgIpc) is 2.74. The minimum absolute atomic E-state index is 0.104. The lowest BCUT2D eigenvalue weighted by atomic mass is 10.1. The van der Waals surface area contributed by atoms with Crippen LogP contribution in [-0.4, -0.2) is 15.6 Å². The van der Waals surface area contributed by atoms with Crippen LogP contribution in [0.15, 0.2) is 24.4 Å². The standard InChI is InChI=1S/C15H16F3NO2/c1-9(2)19-8-10(6-7-13(20)21)11-4-3-5-12(14(11)19)15(16,17)18/h3-5,8-9H,6-7H2,1-2H3,(H,20,21). The molecular formula is C15H16F3NO2. The van der Waals surface area contributed by atoms with E-state index in [0.29, 0.717) is 10.9 Å². The van der Waals surface area contributed by atoms with Crippen molar-refractivity contribution in [3.8, 4) is 0 Å². The van der Waals surface area contributed by atoms with Gasteiger partial charge in [0.1, 0.15) is 0 Å². The minimum Gasteiger partial charge on any atom is -0.481 e. The second kappa shape index (κ2) is 5.42. The monoisotopic (exact) mass is 299 g/mol. The topological polar surface area (TPSA) is 42.2 Å². The van der Waals surface area contributed by atoms with Gasteiger partial charge in [0.05, 0.1) is 11.1 Å². The lowest BCUT2D eigenvalue weighted by molar-refractivity contribution is -0.137. The molecule has 0 fully saturated rings. The van der Waals surface area contributed by atoms with Crippen LogP contribution in [0.2, 0.25) is 0 Å². The molecule has 2 aromatic rings. The molecule has 0 unspecified atom stereocenters. The molecule has 0 spiro atoms. The number of carboxylic acid groups (broad SMARTS) is 1. The number of nitrogens with zero attached hydrogens (tertiary/aromatic N) is 1. The van der Waals surface area contributed by atoms with Gasteiger partial charge >= 0.3 is 12.1 Å². The Bertz CT molecular complexity index is 671. The van der Waals surface area contributed by atoms with Crippen molar-refractivity contribution < 1.29 is 23.1 Å². The molecule has 0 aliphatic carbocycles. The van der Waals surface area contributed by atoms with E-state index in [1.165, 1.54) is 6.07 Å². The molecule has 0 aliphatic heterocycles. The summed E-state index contributed by atoms with van der Waals surface area (Å²) >= 11 is 0. The number of aromatic nitrogens is 1. The van der Waals surface area contributed by atoms with Gasteiger partial charge in [0, 0.05) is 24.0 Å². The van der Waals surface area contributed by atoms with Crippen LogP contribution in [0.4, 0.5) is 13.2 Å². The fourth-order valence-corrected chi connectivity index (χ4v) is 2.46. The van der Waals surface area contributed by atoms with E-state index in [-0.39, 0.29) is 24.4 Å². The number of rotatable bonds is 4. The van der Waals surface area contributed by atoms with Crippen LogP contribution in [0.5, 0.6) is 0 Å². The molecule has 0 atom stereocenters. The van der Waals surface area contributed by atoms with Crippen LogP contribution in [0.1, 0.15) is 37.4 Å². The van der Waals surface area contributed by atoms with Crippen molar-refractivity contribution in [1.29, 1.82) is 0 Å². The summed E-state index contributed by atoms with van der Waals surface area (Å²) in [7, 11) is 0. The number of carboxylic acids is 1. The summed E-state index contributed by atoms with van der Waals surface area (Å²) < 4.78 is 41.1. The zero-order valence-corrected chi connectivity index (χ0v) is 11.7. The maximum atomic E-state index is 13.2. The average molecular weight is 299 g/mol. The van der Waals surface area contributed by atoms with E-state index >= 15 is 0 Å². The number of benzene rings is 1. The van der Waals surface area contributed by atoms with Crippen LogP contribution in [0.3, 0.4) is 0 Å². The predicted molar refractivity (Wildman–Crippen MR) is 73.3 cm³/mol. The summed E-state index contributed by atoms with van der Waals surface area (Å²) in [6.45, 7) is 3.60. The van der Waals surface area contributed by atoms with Crippen molar-refractivity contribution in [2.45, 2.75) is 38.9 Å². The second-order valence-corrected chi connectivity index (χ2v) is 5.25. The van der Waals surface area contributed by atoms with Crippen LogP contribution < -0.4 is 0 Å². The summed E-state index contributed by atoms with van der Waals surface area (Å²) in [4.78, 5) is 10.7. The third-order valence-electron chi connectivity index (χ3n) is 3.41. The molecule has 1 N–H and O–H groups in total. The van der Waals surface area contributed by atoms with E-state index in [4.69, 9.17) is 5.11 Å². The van der Waals surface area contributed by atoms with Crippen molar-refractivity contribution in [2.24, 2.45) is 0 Å². The largest absolute Gasteiger partial charge is 0.481 e. The highest BCUT2D eigenvalue weighted by Gasteiger charge is 2.34. The molecule has 3 nitrogen and oxygen atoms in total. The highest BCUT2D eigenvalue weighted by Crippen LogP contribution is 2.37. The summed E-state index contributed by atoms with van der Waals surface area (Å²) in [5.41, 5.74) is 0.0721. The van der Waals surface area contributed by atoms with Crippen molar-refractivity contribution in [1.82, 2.24) is 4.57 Å². The number of hydrogen-bond donors (Lipinski definition) is 1. The Balaban J connectivity index is 2.67. The Labute approximate surface area is 120 Å². The number of carbonyl (C=O) groups is 1. The van der Waals surface area contributed by atoms with Gasteiger partial charge in [-0.2, -0.15) is 13.2 Å². The first-order valence-electron chi connectivity index (χ1n) is 6.63. The molecule has 1 heterocycles. The molecule has 0 bridgehead atoms. The van der Waals surface area contributed by atoms with Crippen molar-refractivity contribution in [3.63, 3.8) is 0 Å². The fraction of sp³-hybridized carbons (Fsp3) is 0.400. The Morgan fingerprint density at radius 2 is 2.00 bits per heavy atom. The third kappa shape index (κ3) is 3.04. The van der Waals surface area contributed by atoms with E-state index in [0.717, 1.165) is 6.07 Å². The second-order valence-electron chi connectivity index (χ2n) is 5.25. The van der Waals surface area contributed by atoms with Crippen molar-refractivity contribution >= 4 is 16.9 Å². The van der Waals surface area contributed by atoms with Crippen LogP contribution >= 0.6 is 0 Å². The van der Waals surface area contributed by atoms with Gasteiger partial charge in [0.2, 0.25) is 0 Å². The Morgan fingerprint density at radius 3 is 2.52 bits per heavy atom. The number of aliphatic carboxylic acids is 1. The molecular weight excluding hydrogens is 283 g/mol. The molecule has 6 heteroatoms. The highest BCUT2D eigenvalue weighted by atomic mass is 19.4. The van der Waals surface area contributed by atoms with Gasteiger partial charge in [0.25, 0.3) is 0 Å². The predicted octanol–water partition coefficient (Wildman–Crippen LogP) is 4.26. The van der Waals surface area contributed by atoms with E-state index in [1.54, 1.807) is 30.7 Å². The van der Waals surface area contributed by atoms with Gasteiger partial charge < -0.3 is 9.67 Å². The number of halogens is 3. The molecule has 0 radical (unpaired) electrons. The molecule has 0 saturated carbocycles. The van der Waals surface area contributed by atoms with E-state index in [2.05, 4.69) is 0 Å². The number of alkyl halides is 3. The first kappa shape index (κ1) is 15.4. The number of fused-ring (bicyclic) bond motifs is 1. The summed E-state index contributed by atoms with van der Waals surface area (Å²) in [5, 5.41) is 9.23. The lowest BCUT2D eigenvalue weighted by Crippen LogP contribution is -2.09. The Morgan fingerprint density at radius 1 is 1.33 bits per heavy atom. The molecule has 114 valence electrons.